The first-order valence-electron chi connectivity index (χ1n) is 9.33. The van der Waals surface area contributed by atoms with Crippen LogP contribution in [0.3, 0.4) is 0 Å². The Balaban J connectivity index is 1.89. The molecule has 0 aliphatic carbocycles. The van der Waals surface area contributed by atoms with Crippen LogP contribution in [0.4, 0.5) is 0 Å². The van der Waals surface area contributed by atoms with Crippen LogP contribution in [-0.2, 0) is 0 Å². The van der Waals surface area contributed by atoms with Gasteiger partial charge < -0.3 is 0 Å². The van der Waals surface area contributed by atoms with Crippen LogP contribution in [0, 0.1) is 0 Å². The molecule has 0 saturated heterocycles. The molecule has 0 aliphatic rings. The Morgan fingerprint density at radius 2 is 1.62 bits per heavy atom. The Morgan fingerprint density at radius 1 is 0.923 bits per heavy atom. The lowest BCUT2D eigenvalue weighted by molar-refractivity contribution is 0.568. The maximum atomic E-state index is 5.19. The van der Waals surface area contributed by atoms with Gasteiger partial charge in [-0.3, -0.25) is 0 Å². The van der Waals surface area contributed by atoms with E-state index in [-0.39, 0.29) is 0 Å². The highest BCUT2D eigenvalue weighted by Crippen LogP contribution is 2.43. The second kappa shape index (κ2) is 8.03. The lowest BCUT2D eigenvalue weighted by Gasteiger charge is -2.10. The molecule has 1 aromatic carbocycles. The number of thiophene rings is 2. The van der Waals surface area contributed by atoms with E-state index in [1.54, 1.807) is 11.3 Å². The number of hydrogen-bond acceptors (Lipinski definition) is 4. The molecule has 0 fully saturated rings. The molecule has 0 spiro atoms. The lowest BCUT2D eigenvalue weighted by atomic mass is 10.0. The van der Waals surface area contributed by atoms with Gasteiger partial charge in [0.05, 0.1) is 15.2 Å². The van der Waals surface area contributed by atoms with E-state index >= 15 is 0 Å². The van der Waals surface area contributed by atoms with Crippen molar-refractivity contribution in [2.24, 2.45) is 0 Å². The van der Waals surface area contributed by atoms with Crippen molar-refractivity contribution in [1.82, 2.24) is 4.98 Å². The number of unbranched alkanes of at least 4 members (excludes halogenated alkanes) is 1. The predicted octanol–water partition coefficient (Wildman–Crippen LogP) is 8.44. The van der Waals surface area contributed by atoms with Crippen LogP contribution in [-0.4, -0.2) is 4.98 Å². The van der Waals surface area contributed by atoms with E-state index in [0.29, 0.717) is 5.92 Å². The van der Waals surface area contributed by atoms with E-state index in [4.69, 9.17) is 4.98 Å². The molecule has 3 aromatic heterocycles. The lowest BCUT2D eigenvalue weighted by Crippen LogP contribution is -1.96. The van der Waals surface area contributed by atoms with Crippen molar-refractivity contribution >= 4 is 44.2 Å². The summed E-state index contributed by atoms with van der Waals surface area (Å²) in [6.45, 7) is 4.57. The predicted molar refractivity (Wildman–Crippen MR) is 119 cm³/mol. The molecule has 0 aliphatic heterocycles. The average Bonchev–Trinajstić information content (AvgIpc) is 3.41. The number of benzene rings is 1. The quantitative estimate of drug-likeness (QED) is 0.305. The summed E-state index contributed by atoms with van der Waals surface area (Å²) in [6, 6.07) is 13.2. The van der Waals surface area contributed by atoms with Crippen molar-refractivity contribution < 1.29 is 0 Å². The van der Waals surface area contributed by atoms with Crippen molar-refractivity contribution in [3.8, 4) is 20.9 Å². The number of nitrogens with zero attached hydrogens (tertiary/aromatic N) is 1. The van der Waals surface area contributed by atoms with E-state index in [0.717, 1.165) is 0 Å². The minimum atomic E-state index is 0.583. The fourth-order valence-corrected chi connectivity index (χ4v) is 6.32. The summed E-state index contributed by atoms with van der Waals surface area (Å²) in [7, 11) is 0. The molecule has 4 rings (SSSR count). The molecule has 4 heteroatoms. The van der Waals surface area contributed by atoms with Crippen LogP contribution in [0.1, 0.15) is 50.5 Å². The summed E-state index contributed by atoms with van der Waals surface area (Å²) < 4.78 is 1.35. The summed E-state index contributed by atoms with van der Waals surface area (Å²) in [5, 5.41) is 5.63. The zero-order valence-corrected chi connectivity index (χ0v) is 17.6. The van der Waals surface area contributed by atoms with Crippen molar-refractivity contribution in [2.75, 3.05) is 0 Å². The minimum absolute atomic E-state index is 0.583. The highest BCUT2D eigenvalue weighted by molar-refractivity contribution is 7.20. The SMILES string of the molecule is CCCCC(CC)c1nc2c(-c3cccs3)ccc(-c3cccs3)c2s1. The van der Waals surface area contributed by atoms with Gasteiger partial charge in [-0.15, -0.1) is 34.0 Å². The number of rotatable bonds is 7. The minimum Gasteiger partial charge on any atom is -0.240 e. The fourth-order valence-electron chi connectivity index (χ4n) is 3.41. The normalized spacial score (nSPS) is 12.7. The highest BCUT2D eigenvalue weighted by atomic mass is 32.1. The van der Waals surface area contributed by atoms with Gasteiger partial charge in [0.2, 0.25) is 0 Å². The second-order valence-electron chi connectivity index (χ2n) is 6.59. The molecular weight excluding hydrogens is 374 g/mol. The van der Waals surface area contributed by atoms with Crippen LogP contribution in [0.2, 0.25) is 0 Å². The Labute approximate surface area is 167 Å². The summed E-state index contributed by atoms with van der Waals surface area (Å²) in [4.78, 5) is 7.84. The van der Waals surface area contributed by atoms with E-state index < -0.39 is 0 Å². The van der Waals surface area contributed by atoms with Crippen molar-refractivity contribution in [2.45, 2.75) is 45.4 Å². The zero-order valence-electron chi connectivity index (χ0n) is 15.2. The number of thiazole rings is 1. The van der Waals surface area contributed by atoms with Gasteiger partial charge in [0.1, 0.15) is 0 Å². The van der Waals surface area contributed by atoms with E-state index in [1.165, 1.54) is 61.8 Å². The third-order valence-electron chi connectivity index (χ3n) is 4.88. The van der Waals surface area contributed by atoms with Gasteiger partial charge in [0.25, 0.3) is 0 Å². The van der Waals surface area contributed by atoms with Gasteiger partial charge >= 0.3 is 0 Å². The summed E-state index contributed by atoms with van der Waals surface area (Å²) in [6.07, 6.45) is 4.95. The molecule has 0 amide bonds. The van der Waals surface area contributed by atoms with Crippen LogP contribution in [0.25, 0.3) is 31.1 Å². The van der Waals surface area contributed by atoms with E-state index in [2.05, 4.69) is 61.0 Å². The number of aromatic nitrogens is 1. The first kappa shape index (κ1) is 17.9. The number of hydrogen-bond donors (Lipinski definition) is 0. The highest BCUT2D eigenvalue weighted by Gasteiger charge is 2.19. The van der Waals surface area contributed by atoms with Crippen LogP contribution < -0.4 is 0 Å². The largest absolute Gasteiger partial charge is 0.240 e. The third kappa shape index (κ3) is 3.38. The van der Waals surface area contributed by atoms with E-state index in [1.807, 2.05) is 22.7 Å². The average molecular weight is 398 g/mol. The first-order valence-corrected chi connectivity index (χ1v) is 11.9. The van der Waals surface area contributed by atoms with Crippen molar-refractivity contribution in [3.63, 3.8) is 0 Å². The molecule has 1 atom stereocenters. The maximum absolute atomic E-state index is 5.19. The summed E-state index contributed by atoms with van der Waals surface area (Å²) in [5.74, 6) is 0.583. The Kier molecular flexibility index (Phi) is 5.53. The van der Waals surface area contributed by atoms with Crippen molar-refractivity contribution in [1.29, 1.82) is 0 Å². The van der Waals surface area contributed by atoms with Crippen LogP contribution >= 0.6 is 34.0 Å². The van der Waals surface area contributed by atoms with Gasteiger partial charge in [0, 0.05) is 26.8 Å². The Hall–Kier alpha value is -1.49. The van der Waals surface area contributed by atoms with E-state index in [9.17, 15) is 0 Å². The molecule has 134 valence electrons. The molecule has 0 radical (unpaired) electrons. The molecule has 0 N–H and O–H groups in total. The van der Waals surface area contributed by atoms with Gasteiger partial charge in [-0.25, -0.2) is 4.98 Å². The van der Waals surface area contributed by atoms with Gasteiger partial charge in [-0.1, -0.05) is 51.0 Å². The standard InChI is InChI=1S/C22H23NS3/c1-3-5-8-15(4-2)22-23-20-16(18-9-6-13-24-18)11-12-17(21(20)26-22)19-10-7-14-25-19/h6-7,9-15H,3-5,8H2,1-2H3. The topological polar surface area (TPSA) is 12.9 Å². The first-order chi connectivity index (χ1) is 12.8. The Bertz CT molecular complexity index is 893. The molecule has 0 saturated carbocycles. The monoisotopic (exact) mass is 397 g/mol. The Morgan fingerprint density at radius 3 is 2.23 bits per heavy atom. The number of fused-ring (bicyclic) bond motifs is 1. The molecule has 26 heavy (non-hydrogen) atoms. The van der Waals surface area contributed by atoms with Gasteiger partial charge in [-0.05, 0) is 35.7 Å². The summed E-state index contributed by atoms with van der Waals surface area (Å²) >= 11 is 5.53. The molecular formula is C22H23NS3. The molecule has 0 bridgehead atoms. The maximum Gasteiger partial charge on any atom is 0.0969 e. The van der Waals surface area contributed by atoms with Crippen molar-refractivity contribution in [3.05, 3.63) is 52.2 Å². The van der Waals surface area contributed by atoms with Crippen LogP contribution in [0.15, 0.2) is 47.2 Å². The van der Waals surface area contributed by atoms with Crippen LogP contribution in [0.5, 0.6) is 0 Å². The molecule has 3 heterocycles. The fraction of sp³-hybridized carbons (Fsp3) is 0.318. The van der Waals surface area contributed by atoms with Gasteiger partial charge in [0.15, 0.2) is 0 Å². The molecule has 4 aromatic rings. The molecule has 1 nitrogen and oxygen atoms in total. The smallest absolute Gasteiger partial charge is 0.0969 e. The second-order valence-corrected chi connectivity index (χ2v) is 9.52. The summed E-state index contributed by atoms with van der Waals surface area (Å²) in [5.41, 5.74) is 3.81. The molecule has 1 unspecified atom stereocenters. The van der Waals surface area contributed by atoms with Gasteiger partial charge in [-0.2, -0.15) is 0 Å². The third-order valence-corrected chi connectivity index (χ3v) is 7.94. The zero-order chi connectivity index (χ0) is 17.9.